The Morgan fingerprint density at radius 3 is 2.15 bits per heavy atom. The van der Waals surface area contributed by atoms with Gasteiger partial charge in [0.05, 0.1) is 22.7 Å². The van der Waals surface area contributed by atoms with E-state index in [9.17, 15) is 4.79 Å². The van der Waals surface area contributed by atoms with E-state index in [1.807, 2.05) is 0 Å². The SMILES string of the molecule is COc1cc(Cl)c(C(=O)O)c(Cl)c1. The summed E-state index contributed by atoms with van der Waals surface area (Å²) < 4.78 is 4.85. The third kappa shape index (κ3) is 2.05. The fourth-order valence-electron chi connectivity index (χ4n) is 0.872. The molecule has 0 aliphatic carbocycles. The normalized spacial score (nSPS) is 9.77. The summed E-state index contributed by atoms with van der Waals surface area (Å²) in [4.78, 5) is 10.6. The summed E-state index contributed by atoms with van der Waals surface area (Å²) in [7, 11) is 1.45. The molecule has 0 radical (unpaired) electrons. The van der Waals surface area contributed by atoms with Gasteiger partial charge >= 0.3 is 5.97 Å². The standard InChI is InChI=1S/C8H6Cl2O3/c1-13-4-2-5(9)7(8(11)12)6(10)3-4/h2-3H,1H3,(H,11,12). The summed E-state index contributed by atoms with van der Waals surface area (Å²) in [6.45, 7) is 0. The molecule has 0 bridgehead atoms. The van der Waals surface area contributed by atoms with Crippen molar-refractivity contribution in [1.29, 1.82) is 0 Å². The molecule has 13 heavy (non-hydrogen) atoms. The van der Waals surface area contributed by atoms with E-state index in [-0.39, 0.29) is 15.6 Å². The highest BCUT2D eigenvalue weighted by atomic mass is 35.5. The second-order valence-corrected chi connectivity index (χ2v) is 3.09. The van der Waals surface area contributed by atoms with Crippen LogP contribution in [0.2, 0.25) is 10.0 Å². The van der Waals surface area contributed by atoms with E-state index < -0.39 is 5.97 Å². The number of aromatic carboxylic acids is 1. The Balaban J connectivity index is 3.31. The van der Waals surface area contributed by atoms with Gasteiger partial charge in [0.2, 0.25) is 0 Å². The molecule has 0 spiro atoms. The fourth-order valence-corrected chi connectivity index (χ4v) is 1.50. The number of carboxylic acids is 1. The maximum absolute atomic E-state index is 10.6. The summed E-state index contributed by atoms with van der Waals surface area (Å²) in [5, 5.41) is 8.83. The van der Waals surface area contributed by atoms with Crippen molar-refractivity contribution < 1.29 is 14.6 Å². The molecule has 0 amide bonds. The second kappa shape index (κ2) is 3.85. The van der Waals surface area contributed by atoms with Crippen molar-refractivity contribution in [1.82, 2.24) is 0 Å². The lowest BCUT2D eigenvalue weighted by Gasteiger charge is -2.04. The van der Waals surface area contributed by atoms with Crippen LogP contribution in [0, 0.1) is 0 Å². The lowest BCUT2D eigenvalue weighted by Crippen LogP contribution is -1.99. The van der Waals surface area contributed by atoms with Crippen LogP contribution >= 0.6 is 23.2 Å². The number of rotatable bonds is 2. The van der Waals surface area contributed by atoms with Crippen molar-refractivity contribution in [2.45, 2.75) is 0 Å². The van der Waals surface area contributed by atoms with E-state index in [1.165, 1.54) is 19.2 Å². The largest absolute Gasteiger partial charge is 0.497 e. The van der Waals surface area contributed by atoms with Gasteiger partial charge in [0.15, 0.2) is 0 Å². The number of benzene rings is 1. The number of carboxylic acid groups (broad SMARTS) is 1. The molecular formula is C8H6Cl2O3. The van der Waals surface area contributed by atoms with Crippen molar-refractivity contribution in [3.63, 3.8) is 0 Å². The van der Waals surface area contributed by atoms with Crippen LogP contribution in [0.1, 0.15) is 10.4 Å². The molecule has 0 unspecified atom stereocenters. The smallest absolute Gasteiger partial charge is 0.338 e. The number of hydrogen-bond acceptors (Lipinski definition) is 2. The maximum atomic E-state index is 10.6. The van der Waals surface area contributed by atoms with Crippen LogP contribution in [0.4, 0.5) is 0 Å². The van der Waals surface area contributed by atoms with Gasteiger partial charge in [-0.2, -0.15) is 0 Å². The Kier molecular flexibility index (Phi) is 3.01. The monoisotopic (exact) mass is 220 g/mol. The third-order valence-electron chi connectivity index (χ3n) is 1.47. The third-order valence-corrected chi connectivity index (χ3v) is 2.06. The molecule has 1 rings (SSSR count). The molecular weight excluding hydrogens is 215 g/mol. The molecule has 0 aliphatic heterocycles. The van der Waals surface area contributed by atoms with Gasteiger partial charge < -0.3 is 9.84 Å². The molecule has 0 fully saturated rings. The number of carbonyl (C=O) groups is 1. The number of ether oxygens (including phenoxy) is 1. The van der Waals surface area contributed by atoms with E-state index in [4.69, 9.17) is 33.0 Å². The highest BCUT2D eigenvalue weighted by Crippen LogP contribution is 2.29. The Hall–Kier alpha value is -0.930. The number of methoxy groups -OCH3 is 1. The maximum Gasteiger partial charge on any atom is 0.338 e. The Morgan fingerprint density at radius 1 is 1.38 bits per heavy atom. The van der Waals surface area contributed by atoms with Gasteiger partial charge in [0, 0.05) is 0 Å². The Labute approximate surface area is 84.8 Å². The lowest BCUT2D eigenvalue weighted by molar-refractivity contribution is 0.0697. The summed E-state index contributed by atoms with van der Waals surface area (Å²) in [6.07, 6.45) is 0. The quantitative estimate of drug-likeness (QED) is 0.834. The van der Waals surface area contributed by atoms with Crippen molar-refractivity contribution in [3.8, 4) is 5.75 Å². The van der Waals surface area contributed by atoms with Crippen molar-refractivity contribution in [3.05, 3.63) is 27.7 Å². The first-order valence-corrected chi connectivity index (χ1v) is 4.08. The average Bonchev–Trinajstić information content (AvgIpc) is 2.02. The zero-order valence-electron chi connectivity index (χ0n) is 6.67. The van der Waals surface area contributed by atoms with Crippen molar-refractivity contribution >= 4 is 29.2 Å². The van der Waals surface area contributed by atoms with Gasteiger partial charge in [-0.25, -0.2) is 4.79 Å². The highest BCUT2D eigenvalue weighted by Gasteiger charge is 2.14. The van der Waals surface area contributed by atoms with Gasteiger partial charge in [0.1, 0.15) is 5.75 Å². The van der Waals surface area contributed by atoms with Crippen LogP contribution in [-0.2, 0) is 0 Å². The van der Waals surface area contributed by atoms with Crippen LogP contribution in [0.5, 0.6) is 5.75 Å². The van der Waals surface area contributed by atoms with Crippen LogP contribution in [0.15, 0.2) is 12.1 Å². The van der Waals surface area contributed by atoms with Gasteiger partial charge in [-0.1, -0.05) is 23.2 Å². The van der Waals surface area contributed by atoms with Gasteiger partial charge in [0.25, 0.3) is 0 Å². The van der Waals surface area contributed by atoms with Crippen molar-refractivity contribution in [2.24, 2.45) is 0 Å². The first-order valence-electron chi connectivity index (χ1n) is 3.32. The Morgan fingerprint density at radius 2 is 1.85 bits per heavy atom. The van der Waals surface area contributed by atoms with Crippen LogP contribution in [-0.4, -0.2) is 18.2 Å². The molecule has 0 atom stereocenters. The van der Waals surface area contributed by atoms with Crippen LogP contribution in [0.25, 0.3) is 0 Å². The molecule has 0 heterocycles. The minimum absolute atomic E-state index is 0.0665. The molecule has 5 heteroatoms. The minimum atomic E-state index is -1.15. The topological polar surface area (TPSA) is 46.5 Å². The van der Waals surface area contributed by atoms with E-state index in [2.05, 4.69) is 0 Å². The molecule has 1 aromatic carbocycles. The summed E-state index contributed by atoms with van der Waals surface area (Å²) >= 11 is 11.3. The van der Waals surface area contributed by atoms with E-state index in [0.717, 1.165) is 0 Å². The zero-order chi connectivity index (χ0) is 10.0. The number of hydrogen-bond donors (Lipinski definition) is 1. The van der Waals surface area contributed by atoms with Crippen LogP contribution < -0.4 is 4.74 Å². The van der Waals surface area contributed by atoms with Gasteiger partial charge in [-0.05, 0) is 12.1 Å². The second-order valence-electron chi connectivity index (χ2n) is 2.27. The molecule has 3 nitrogen and oxygen atoms in total. The predicted octanol–water partition coefficient (Wildman–Crippen LogP) is 2.70. The predicted molar refractivity (Wildman–Crippen MR) is 50.0 cm³/mol. The molecule has 0 saturated heterocycles. The van der Waals surface area contributed by atoms with E-state index in [1.54, 1.807) is 0 Å². The Bertz CT molecular complexity index is 326. The fraction of sp³-hybridized carbons (Fsp3) is 0.125. The summed E-state index contributed by atoms with van der Waals surface area (Å²) in [5.74, 6) is -0.724. The minimum Gasteiger partial charge on any atom is -0.497 e. The first kappa shape index (κ1) is 10.2. The average molecular weight is 221 g/mol. The summed E-state index contributed by atoms with van der Waals surface area (Å²) in [5.41, 5.74) is -0.107. The number of halogens is 2. The molecule has 0 aromatic heterocycles. The lowest BCUT2D eigenvalue weighted by atomic mass is 10.2. The molecule has 0 aliphatic rings. The zero-order valence-corrected chi connectivity index (χ0v) is 8.19. The highest BCUT2D eigenvalue weighted by molar-refractivity contribution is 6.39. The van der Waals surface area contributed by atoms with Gasteiger partial charge in [-0.3, -0.25) is 0 Å². The van der Waals surface area contributed by atoms with Crippen LogP contribution in [0.3, 0.4) is 0 Å². The van der Waals surface area contributed by atoms with E-state index >= 15 is 0 Å². The molecule has 1 aromatic rings. The summed E-state index contributed by atoms with van der Waals surface area (Å²) in [6, 6.07) is 2.80. The molecule has 0 saturated carbocycles. The van der Waals surface area contributed by atoms with Crippen molar-refractivity contribution in [2.75, 3.05) is 7.11 Å². The van der Waals surface area contributed by atoms with E-state index in [0.29, 0.717) is 5.75 Å². The van der Waals surface area contributed by atoms with Gasteiger partial charge in [-0.15, -0.1) is 0 Å². The molecule has 1 N–H and O–H groups in total. The molecule has 70 valence electrons. The first-order chi connectivity index (χ1) is 6.06.